The van der Waals surface area contributed by atoms with E-state index in [4.69, 9.17) is 80.5 Å². The van der Waals surface area contributed by atoms with Gasteiger partial charge in [0.05, 0.1) is 25.4 Å². The van der Waals surface area contributed by atoms with E-state index in [2.05, 4.69) is 0 Å². The summed E-state index contributed by atoms with van der Waals surface area (Å²) in [4.78, 5) is 0. The van der Waals surface area contributed by atoms with E-state index >= 15 is 0 Å². The summed E-state index contributed by atoms with van der Waals surface area (Å²) in [5, 5.41) is 0. The van der Waals surface area contributed by atoms with E-state index in [0.29, 0.717) is 0 Å². The summed E-state index contributed by atoms with van der Waals surface area (Å²) in [6.45, 7) is 4.14. The maximum Gasteiger partial charge on any atom is 0.187 e. The van der Waals surface area contributed by atoms with Crippen LogP contribution in [0.15, 0.2) is 0 Å². The number of rotatable bonds is 16. The Morgan fingerprint density at radius 1 is 0.327 bits per heavy atom. The smallest absolute Gasteiger partial charge is 0.187 e. The molecule has 0 unspecified atom stereocenters. The van der Waals surface area contributed by atoms with Crippen LogP contribution in [0.3, 0.4) is 0 Å². The zero-order valence-electron chi connectivity index (χ0n) is 30.7. The monoisotopic (exact) mass is 714 g/mol. The molecule has 4 fully saturated rings. The Hall–Kier alpha value is -0.680. The fourth-order valence-electron chi connectivity index (χ4n) is 7.23. The minimum absolute atomic E-state index is 0.161. The Labute approximate surface area is 289 Å². The predicted molar refractivity (Wildman–Crippen MR) is 167 cm³/mol. The first-order chi connectivity index (χ1) is 23.7. The molecule has 0 radical (unpaired) electrons. The van der Waals surface area contributed by atoms with Crippen LogP contribution in [-0.4, -0.2) is 195 Å². The lowest BCUT2D eigenvalue weighted by atomic mass is 9.97. The fraction of sp³-hybridized carbons (Fsp3) is 1.00. The highest BCUT2D eigenvalue weighted by Gasteiger charge is 2.55. The summed E-state index contributed by atoms with van der Waals surface area (Å²) < 4.78 is 102. The molecule has 0 aromatic carbocycles. The normalized spacial score (nSPS) is 46.5. The summed E-state index contributed by atoms with van der Waals surface area (Å²) in [6.07, 6.45) is -11.7. The van der Waals surface area contributed by atoms with Gasteiger partial charge in [-0.15, -0.1) is 0 Å². The molecule has 18 atom stereocenters. The number of hydrogen-bond acceptors (Lipinski definition) is 17. The lowest BCUT2D eigenvalue weighted by Crippen LogP contribution is -2.66. The van der Waals surface area contributed by atoms with Crippen LogP contribution >= 0.6 is 0 Å². The Bertz CT molecular complexity index is 949. The first-order valence-corrected chi connectivity index (χ1v) is 16.5. The molecule has 288 valence electrons. The summed E-state index contributed by atoms with van der Waals surface area (Å²) in [5.41, 5.74) is 0. The average molecular weight is 715 g/mol. The molecule has 0 saturated carbocycles. The van der Waals surface area contributed by atoms with Crippen molar-refractivity contribution in [1.29, 1.82) is 0 Å². The molecule has 0 N–H and O–H groups in total. The number of hydrogen-bond donors (Lipinski definition) is 0. The van der Waals surface area contributed by atoms with Crippen molar-refractivity contribution in [2.75, 3.05) is 84.3 Å². The van der Waals surface area contributed by atoms with Crippen molar-refractivity contribution in [2.45, 2.75) is 124 Å². The first-order valence-electron chi connectivity index (χ1n) is 16.5. The van der Waals surface area contributed by atoms with E-state index in [9.17, 15) is 0 Å². The molecule has 0 amide bonds. The predicted octanol–water partition coefficient (Wildman–Crippen LogP) is 0.126. The van der Waals surface area contributed by atoms with E-state index in [1.54, 1.807) is 56.9 Å². The molecule has 4 aliphatic heterocycles. The van der Waals surface area contributed by atoms with Crippen LogP contribution in [0.2, 0.25) is 0 Å². The average Bonchev–Trinajstić information content (AvgIpc) is 3.12. The minimum Gasteiger partial charge on any atom is -0.376 e. The van der Waals surface area contributed by atoms with Gasteiger partial charge in [-0.25, -0.2) is 0 Å². The summed E-state index contributed by atoms with van der Waals surface area (Å²) >= 11 is 0. The molecule has 49 heavy (non-hydrogen) atoms. The zero-order valence-corrected chi connectivity index (χ0v) is 30.7. The highest BCUT2D eigenvalue weighted by Crippen LogP contribution is 2.36. The van der Waals surface area contributed by atoms with Crippen LogP contribution in [0, 0.1) is 0 Å². The topological polar surface area (TPSA) is 157 Å². The second kappa shape index (κ2) is 19.4. The second-order valence-electron chi connectivity index (χ2n) is 12.3. The van der Waals surface area contributed by atoms with E-state index in [0.717, 1.165) is 0 Å². The van der Waals surface area contributed by atoms with Gasteiger partial charge in [0.2, 0.25) is 0 Å². The van der Waals surface area contributed by atoms with Crippen molar-refractivity contribution < 1.29 is 80.5 Å². The van der Waals surface area contributed by atoms with Crippen LogP contribution in [0.4, 0.5) is 0 Å². The molecule has 0 aliphatic carbocycles. The van der Waals surface area contributed by atoms with E-state index in [1.165, 1.54) is 14.2 Å². The Morgan fingerprint density at radius 3 is 1.18 bits per heavy atom. The lowest BCUT2D eigenvalue weighted by molar-refractivity contribution is -0.390. The van der Waals surface area contributed by atoms with Gasteiger partial charge in [-0.1, -0.05) is 0 Å². The molecular weight excluding hydrogens is 656 g/mol. The number of methoxy groups -OCH3 is 10. The van der Waals surface area contributed by atoms with E-state index in [1.807, 2.05) is 13.8 Å². The molecule has 0 bridgehead atoms. The Morgan fingerprint density at radius 2 is 0.714 bits per heavy atom. The van der Waals surface area contributed by atoms with Gasteiger partial charge in [-0.3, -0.25) is 0 Å². The third-order valence-corrected chi connectivity index (χ3v) is 9.84. The summed E-state index contributed by atoms with van der Waals surface area (Å²) in [6, 6.07) is 0. The van der Waals surface area contributed by atoms with Crippen molar-refractivity contribution in [2.24, 2.45) is 0 Å². The fourth-order valence-corrected chi connectivity index (χ4v) is 7.23. The molecule has 0 aromatic heterocycles. The van der Waals surface area contributed by atoms with Gasteiger partial charge >= 0.3 is 0 Å². The molecule has 0 aromatic rings. The van der Waals surface area contributed by atoms with Crippen LogP contribution in [-0.2, 0) is 80.5 Å². The maximum atomic E-state index is 6.68. The van der Waals surface area contributed by atoms with E-state index in [-0.39, 0.29) is 31.5 Å². The van der Waals surface area contributed by atoms with Gasteiger partial charge < -0.3 is 80.5 Å². The first kappa shape index (κ1) is 41.1. The van der Waals surface area contributed by atoms with E-state index < -0.39 is 92.3 Å². The molecule has 0 spiro atoms. The second-order valence-corrected chi connectivity index (χ2v) is 12.3. The molecule has 17 nitrogen and oxygen atoms in total. The van der Waals surface area contributed by atoms with Gasteiger partial charge in [-0.2, -0.15) is 0 Å². The van der Waals surface area contributed by atoms with Gasteiger partial charge in [0.25, 0.3) is 0 Å². The van der Waals surface area contributed by atoms with Crippen molar-refractivity contribution in [3.63, 3.8) is 0 Å². The third kappa shape index (κ3) is 8.76. The van der Waals surface area contributed by atoms with Gasteiger partial charge in [0, 0.05) is 71.1 Å². The van der Waals surface area contributed by atoms with Gasteiger partial charge in [-0.05, 0) is 13.8 Å². The van der Waals surface area contributed by atoms with Crippen molar-refractivity contribution in [3.05, 3.63) is 0 Å². The third-order valence-electron chi connectivity index (χ3n) is 9.84. The van der Waals surface area contributed by atoms with Crippen LogP contribution in [0.5, 0.6) is 0 Å². The molecule has 4 heterocycles. The minimum atomic E-state index is -0.984. The van der Waals surface area contributed by atoms with Crippen LogP contribution < -0.4 is 0 Å². The van der Waals surface area contributed by atoms with Crippen molar-refractivity contribution >= 4 is 0 Å². The summed E-state index contributed by atoms with van der Waals surface area (Å²) in [5.74, 6) is 0. The van der Waals surface area contributed by atoms with Crippen LogP contribution in [0.25, 0.3) is 0 Å². The molecule has 17 heteroatoms. The zero-order chi connectivity index (χ0) is 35.8. The molecule has 4 aliphatic rings. The van der Waals surface area contributed by atoms with Crippen molar-refractivity contribution in [1.82, 2.24) is 0 Å². The highest BCUT2D eigenvalue weighted by atomic mass is 16.8. The maximum absolute atomic E-state index is 6.68. The molecule has 4 saturated heterocycles. The SMILES string of the molecule is CO[C@@H]1OC[C@@H](OC)[C@H](O[C@@H]2O[C@@H](C)[C@H](OC)[C@@H](OC)[C@H]2OC)[C@H]1O[C@@H]1O[C@@H](C)[C@H](O[C@@H]2OC[C@@H](OC)[C@H](OC)[C@H]2OC)[C@@H](OC)[C@H]1OC. The lowest BCUT2D eigenvalue weighted by Gasteiger charge is -2.50. The molecule has 4 rings (SSSR count). The standard InChI is InChI=1S/C32H58O17/c1-15-19(35-5)23(37-7)26(40-10)31(45-15)48-22-18(34-4)14-43-29(42-12)28(22)49-32-27(41-11)24(38-8)20(16(2)46-32)47-30-25(39-9)21(36-6)17(33-3)13-44-30/h15-32H,13-14H2,1-12H3/t15-,16-,17+,18+,19-,20-,21-,22-,23+,24+,25+,26+,27+,28+,29+,30-,31-,32-/m0/s1. The Balaban J connectivity index is 1.57. The largest absolute Gasteiger partial charge is 0.376 e. The van der Waals surface area contributed by atoms with Gasteiger partial charge in [0.1, 0.15) is 73.2 Å². The van der Waals surface area contributed by atoms with Crippen molar-refractivity contribution in [3.8, 4) is 0 Å². The van der Waals surface area contributed by atoms with Gasteiger partial charge in [0.15, 0.2) is 25.2 Å². The number of ether oxygens (including phenoxy) is 17. The molecular formula is C32H58O17. The Kier molecular flexibility index (Phi) is 16.3. The van der Waals surface area contributed by atoms with Crippen LogP contribution in [0.1, 0.15) is 13.8 Å². The quantitative estimate of drug-likeness (QED) is 0.212. The highest BCUT2D eigenvalue weighted by molar-refractivity contribution is 4.97. The summed E-state index contributed by atoms with van der Waals surface area (Å²) in [7, 11) is 15.7.